The van der Waals surface area contributed by atoms with Crippen molar-refractivity contribution in [2.24, 2.45) is 0 Å². The Morgan fingerprint density at radius 3 is 2.74 bits per heavy atom. The van der Waals surface area contributed by atoms with Crippen molar-refractivity contribution in [1.82, 2.24) is 4.90 Å². The molecule has 19 heavy (non-hydrogen) atoms. The van der Waals surface area contributed by atoms with Crippen LogP contribution >= 0.6 is 11.6 Å². The van der Waals surface area contributed by atoms with Gasteiger partial charge >= 0.3 is 0 Å². The van der Waals surface area contributed by atoms with E-state index in [1.54, 1.807) is 0 Å². The summed E-state index contributed by atoms with van der Waals surface area (Å²) in [5.74, 6) is 0. The smallest absolute Gasteiger partial charge is 0.0505 e. The highest BCUT2D eigenvalue weighted by molar-refractivity contribution is 6.32. The van der Waals surface area contributed by atoms with Crippen LogP contribution in [0.5, 0.6) is 0 Å². The second-order valence-corrected chi connectivity index (χ2v) is 5.70. The molecule has 0 atom stereocenters. The Labute approximate surface area is 120 Å². The Morgan fingerprint density at radius 1 is 1.32 bits per heavy atom. The number of nitrogens with zero attached hydrogens (tertiary/aromatic N) is 1. The molecule has 0 spiro atoms. The zero-order chi connectivity index (χ0) is 13.4. The molecule has 1 aromatic rings. The van der Waals surface area contributed by atoms with Gasteiger partial charge in [-0.1, -0.05) is 43.7 Å². The lowest BCUT2D eigenvalue weighted by Crippen LogP contribution is -2.26. The van der Waals surface area contributed by atoms with Gasteiger partial charge in [-0.05, 0) is 43.4 Å². The third-order valence-corrected chi connectivity index (χ3v) is 4.18. The van der Waals surface area contributed by atoms with Crippen molar-refractivity contribution < 1.29 is 0 Å². The van der Waals surface area contributed by atoms with E-state index in [-0.39, 0.29) is 0 Å². The SMILES string of the molecule is CC/C=C1\c2c(Cl)cccc2C=C(CC)N1C1CC1. The maximum absolute atomic E-state index is 6.46. The van der Waals surface area contributed by atoms with Gasteiger partial charge in [0.05, 0.1) is 5.02 Å². The maximum atomic E-state index is 6.46. The van der Waals surface area contributed by atoms with E-state index in [9.17, 15) is 0 Å². The fraction of sp³-hybridized carbons (Fsp3) is 0.412. The van der Waals surface area contributed by atoms with Crippen molar-refractivity contribution in [2.75, 3.05) is 0 Å². The van der Waals surface area contributed by atoms with Gasteiger partial charge in [-0.25, -0.2) is 0 Å². The fourth-order valence-corrected chi connectivity index (χ4v) is 3.16. The molecule has 1 aliphatic carbocycles. The number of fused-ring (bicyclic) bond motifs is 1. The van der Waals surface area contributed by atoms with Crippen molar-refractivity contribution in [3.63, 3.8) is 0 Å². The van der Waals surface area contributed by atoms with Crippen LogP contribution < -0.4 is 0 Å². The summed E-state index contributed by atoms with van der Waals surface area (Å²) in [7, 11) is 0. The molecule has 0 radical (unpaired) electrons. The van der Waals surface area contributed by atoms with E-state index in [2.05, 4.69) is 37.0 Å². The molecule has 2 aliphatic rings. The molecule has 1 saturated carbocycles. The second kappa shape index (κ2) is 5.05. The minimum absolute atomic E-state index is 0.688. The second-order valence-electron chi connectivity index (χ2n) is 5.29. The maximum Gasteiger partial charge on any atom is 0.0505 e. The third-order valence-electron chi connectivity index (χ3n) is 3.86. The number of hydrogen-bond acceptors (Lipinski definition) is 1. The van der Waals surface area contributed by atoms with Crippen molar-refractivity contribution in [1.29, 1.82) is 0 Å². The van der Waals surface area contributed by atoms with Gasteiger partial charge in [0.25, 0.3) is 0 Å². The van der Waals surface area contributed by atoms with Crippen LogP contribution in [-0.2, 0) is 0 Å². The van der Waals surface area contributed by atoms with Crippen molar-refractivity contribution in [3.8, 4) is 0 Å². The highest BCUT2D eigenvalue weighted by Gasteiger charge is 2.35. The van der Waals surface area contributed by atoms with E-state index in [0.717, 1.165) is 17.9 Å². The molecule has 0 unspecified atom stereocenters. The summed E-state index contributed by atoms with van der Waals surface area (Å²) in [6.07, 6.45) is 9.36. The van der Waals surface area contributed by atoms with E-state index >= 15 is 0 Å². The average Bonchev–Trinajstić information content (AvgIpc) is 3.22. The van der Waals surface area contributed by atoms with Crippen LogP contribution in [0.25, 0.3) is 11.8 Å². The summed E-state index contributed by atoms with van der Waals surface area (Å²) < 4.78 is 0. The van der Waals surface area contributed by atoms with Crippen molar-refractivity contribution in [3.05, 3.63) is 46.1 Å². The first-order valence-corrected chi connectivity index (χ1v) is 7.62. The first kappa shape index (κ1) is 12.8. The number of benzene rings is 1. The molecule has 1 fully saturated rings. The fourth-order valence-electron chi connectivity index (χ4n) is 2.89. The van der Waals surface area contributed by atoms with Crippen LogP contribution in [0.1, 0.15) is 50.7 Å². The zero-order valence-electron chi connectivity index (χ0n) is 11.6. The monoisotopic (exact) mass is 273 g/mol. The average molecular weight is 274 g/mol. The molecular weight excluding hydrogens is 254 g/mol. The van der Waals surface area contributed by atoms with E-state index in [1.807, 2.05) is 12.1 Å². The standard InChI is InChI=1S/C17H20ClN/c1-3-6-16-17-12(7-5-8-15(17)18)11-13(4-2)19(16)14-9-10-14/h5-8,11,14H,3-4,9-10H2,1-2H3/b16-6+. The van der Waals surface area contributed by atoms with E-state index in [0.29, 0.717) is 6.04 Å². The molecule has 1 nitrogen and oxygen atoms in total. The van der Waals surface area contributed by atoms with Gasteiger partial charge in [-0.3, -0.25) is 0 Å². The molecule has 3 rings (SSSR count). The quantitative estimate of drug-likeness (QED) is 0.720. The van der Waals surface area contributed by atoms with Gasteiger partial charge < -0.3 is 4.90 Å². The molecule has 1 aliphatic heterocycles. The summed E-state index contributed by atoms with van der Waals surface area (Å²) in [5.41, 5.74) is 5.23. The summed E-state index contributed by atoms with van der Waals surface area (Å²) in [6.45, 7) is 4.43. The van der Waals surface area contributed by atoms with Gasteiger partial charge in [0.1, 0.15) is 0 Å². The summed E-state index contributed by atoms with van der Waals surface area (Å²) in [6, 6.07) is 6.90. The van der Waals surface area contributed by atoms with Crippen LogP contribution in [0.3, 0.4) is 0 Å². The Balaban J connectivity index is 2.19. The number of rotatable bonds is 3. The molecule has 0 amide bonds. The lowest BCUT2D eigenvalue weighted by atomic mass is 9.96. The Kier molecular flexibility index (Phi) is 3.40. The molecule has 0 N–H and O–H groups in total. The summed E-state index contributed by atoms with van der Waals surface area (Å²) >= 11 is 6.46. The Hall–Kier alpha value is -1.21. The van der Waals surface area contributed by atoms with Gasteiger partial charge in [-0.15, -0.1) is 0 Å². The Morgan fingerprint density at radius 2 is 2.11 bits per heavy atom. The first-order valence-electron chi connectivity index (χ1n) is 7.25. The minimum atomic E-state index is 0.688. The molecule has 100 valence electrons. The van der Waals surface area contributed by atoms with Gasteiger partial charge in [0, 0.05) is 23.0 Å². The van der Waals surface area contributed by atoms with E-state index in [4.69, 9.17) is 11.6 Å². The highest BCUT2D eigenvalue weighted by atomic mass is 35.5. The minimum Gasteiger partial charge on any atom is -0.342 e. The van der Waals surface area contributed by atoms with Crippen molar-refractivity contribution in [2.45, 2.75) is 45.6 Å². The largest absolute Gasteiger partial charge is 0.342 e. The Bertz CT molecular complexity index is 552. The van der Waals surface area contributed by atoms with Gasteiger partial charge in [0.15, 0.2) is 0 Å². The first-order chi connectivity index (χ1) is 9.26. The number of hydrogen-bond donors (Lipinski definition) is 0. The van der Waals surface area contributed by atoms with Crippen LogP contribution in [0.4, 0.5) is 0 Å². The molecule has 2 heteroatoms. The third kappa shape index (κ3) is 2.21. The van der Waals surface area contributed by atoms with Crippen LogP contribution in [0, 0.1) is 0 Å². The molecule has 0 aromatic heterocycles. The molecule has 1 heterocycles. The van der Waals surface area contributed by atoms with Crippen LogP contribution in [-0.4, -0.2) is 10.9 Å². The van der Waals surface area contributed by atoms with E-state index < -0.39 is 0 Å². The zero-order valence-corrected chi connectivity index (χ0v) is 12.4. The topological polar surface area (TPSA) is 3.24 Å². The molecule has 1 aromatic carbocycles. The molecule has 0 bridgehead atoms. The van der Waals surface area contributed by atoms with Gasteiger partial charge in [0.2, 0.25) is 0 Å². The molecule has 0 saturated heterocycles. The lowest BCUT2D eigenvalue weighted by Gasteiger charge is -2.35. The van der Waals surface area contributed by atoms with Crippen molar-refractivity contribution >= 4 is 23.4 Å². The summed E-state index contributed by atoms with van der Waals surface area (Å²) in [4.78, 5) is 2.53. The summed E-state index contributed by atoms with van der Waals surface area (Å²) in [5, 5.41) is 0.870. The van der Waals surface area contributed by atoms with Crippen LogP contribution in [0.15, 0.2) is 30.0 Å². The molecular formula is C17H20ClN. The van der Waals surface area contributed by atoms with E-state index in [1.165, 1.54) is 35.4 Å². The predicted molar refractivity (Wildman–Crippen MR) is 82.8 cm³/mol. The highest BCUT2D eigenvalue weighted by Crippen LogP contribution is 2.44. The lowest BCUT2D eigenvalue weighted by molar-refractivity contribution is 0.463. The predicted octanol–water partition coefficient (Wildman–Crippen LogP) is 5.32. The van der Waals surface area contributed by atoms with Gasteiger partial charge in [-0.2, -0.15) is 0 Å². The number of allylic oxidation sites excluding steroid dienone is 2. The number of halogens is 1. The normalized spacial score (nSPS) is 20.5. The van der Waals surface area contributed by atoms with Crippen LogP contribution in [0.2, 0.25) is 5.02 Å².